The number of unbranched alkanes of at least 4 members (excludes halogenated alkanes) is 1. The number of sulfonamides is 1. The van der Waals surface area contributed by atoms with Crippen LogP contribution in [0.15, 0.2) is 17.3 Å². The Morgan fingerprint density at radius 3 is 3.00 bits per heavy atom. The van der Waals surface area contributed by atoms with Gasteiger partial charge in [0.05, 0.1) is 6.20 Å². The lowest BCUT2D eigenvalue weighted by Crippen LogP contribution is -2.24. The van der Waals surface area contributed by atoms with E-state index in [4.69, 9.17) is 6.42 Å². The molecule has 0 fully saturated rings. The molecule has 14 heavy (non-hydrogen) atoms. The van der Waals surface area contributed by atoms with Crippen molar-refractivity contribution in [2.75, 3.05) is 6.54 Å². The van der Waals surface area contributed by atoms with Gasteiger partial charge in [-0.05, 0) is 6.42 Å². The van der Waals surface area contributed by atoms with Crippen molar-refractivity contribution in [2.24, 2.45) is 0 Å². The third kappa shape index (κ3) is 2.87. The van der Waals surface area contributed by atoms with Crippen LogP contribution in [-0.4, -0.2) is 25.2 Å². The molecule has 0 aliphatic carbocycles. The zero-order chi connectivity index (χ0) is 10.4. The number of H-pyrrole nitrogens is 1. The molecule has 6 heteroatoms. The van der Waals surface area contributed by atoms with E-state index in [2.05, 4.69) is 20.8 Å². The average Bonchev–Trinajstić information content (AvgIpc) is 2.65. The van der Waals surface area contributed by atoms with Gasteiger partial charge in [-0.2, -0.15) is 5.10 Å². The van der Waals surface area contributed by atoms with Crippen LogP contribution >= 0.6 is 0 Å². The van der Waals surface area contributed by atoms with Crippen LogP contribution in [0.3, 0.4) is 0 Å². The van der Waals surface area contributed by atoms with Crippen LogP contribution < -0.4 is 4.72 Å². The molecule has 0 aliphatic heterocycles. The smallest absolute Gasteiger partial charge is 0.243 e. The van der Waals surface area contributed by atoms with Crippen molar-refractivity contribution in [3.8, 4) is 12.3 Å². The van der Waals surface area contributed by atoms with Crippen LogP contribution in [0.1, 0.15) is 12.8 Å². The second-order valence-electron chi connectivity index (χ2n) is 2.64. The summed E-state index contributed by atoms with van der Waals surface area (Å²) in [6.45, 7) is 0.345. The standard InChI is InChI=1S/C8H11N3O2S/c1-2-3-4-5-11-14(12,13)8-6-9-10-7-8/h1,6-7,11H,3-5H2,(H,9,10). The summed E-state index contributed by atoms with van der Waals surface area (Å²) in [4.78, 5) is 0.137. The summed E-state index contributed by atoms with van der Waals surface area (Å²) in [6, 6.07) is 0. The molecule has 1 heterocycles. The summed E-state index contributed by atoms with van der Waals surface area (Å²) in [5, 5.41) is 5.99. The second-order valence-corrected chi connectivity index (χ2v) is 4.41. The molecule has 0 radical (unpaired) electrons. The van der Waals surface area contributed by atoms with E-state index < -0.39 is 10.0 Å². The van der Waals surface area contributed by atoms with E-state index in [1.54, 1.807) is 0 Å². The maximum atomic E-state index is 11.4. The van der Waals surface area contributed by atoms with Gasteiger partial charge in [-0.1, -0.05) is 0 Å². The van der Waals surface area contributed by atoms with Gasteiger partial charge in [0.25, 0.3) is 0 Å². The zero-order valence-corrected chi connectivity index (χ0v) is 8.34. The van der Waals surface area contributed by atoms with Crippen molar-refractivity contribution >= 4 is 10.0 Å². The molecule has 0 atom stereocenters. The Labute approximate surface area is 83.0 Å². The molecule has 5 nitrogen and oxygen atoms in total. The number of rotatable bonds is 5. The molecule has 0 saturated heterocycles. The summed E-state index contributed by atoms with van der Waals surface area (Å²) in [6.07, 6.45) is 8.80. The topological polar surface area (TPSA) is 74.8 Å². The van der Waals surface area contributed by atoms with E-state index in [-0.39, 0.29) is 4.90 Å². The molecule has 0 aliphatic rings. The van der Waals surface area contributed by atoms with Crippen LogP contribution in [-0.2, 0) is 10.0 Å². The van der Waals surface area contributed by atoms with Gasteiger partial charge >= 0.3 is 0 Å². The van der Waals surface area contributed by atoms with Gasteiger partial charge in [-0.15, -0.1) is 12.3 Å². The molecular weight excluding hydrogens is 202 g/mol. The molecule has 0 spiro atoms. The zero-order valence-electron chi connectivity index (χ0n) is 7.53. The fourth-order valence-electron chi connectivity index (χ4n) is 0.866. The van der Waals surface area contributed by atoms with Gasteiger partial charge in [0.2, 0.25) is 10.0 Å². The number of terminal acetylenes is 1. The summed E-state index contributed by atoms with van der Waals surface area (Å²) in [5.41, 5.74) is 0. The number of aromatic amines is 1. The monoisotopic (exact) mass is 213 g/mol. The van der Waals surface area contributed by atoms with Gasteiger partial charge in [-0.25, -0.2) is 13.1 Å². The molecule has 0 amide bonds. The maximum absolute atomic E-state index is 11.4. The molecule has 1 aromatic heterocycles. The van der Waals surface area contributed by atoms with E-state index in [0.717, 1.165) is 0 Å². The first kappa shape index (κ1) is 10.8. The molecule has 0 saturated carbocycles. The van der Waals surface area contributed by atoms with Crippen molar-refractivity contribution in [2.45, 2.75) is 17.7 Å². The highest BCUT2D eigenvalue weighted by Gasteiger charge is 2.13. The molecule has 1 aromatic rings. The quantitative estimate of drug-likeness (QED) is 0.538. The third-order valence-electron chi connectivity index (χ3n) is 1.57. The first-order valence-corrected chi connectivity index (χ1v) is 5.57. The van der Waals surface area contributed by atoms with Crippen LogP contribution in [0.4, 0.5) is 0 Å². The molecular formula is C8H11N3O2S. The largest absolute Gasteiger partial charge is 0.284 e. The van der Waals surface area contributed by atoms with E-state index in [0.29, 0.717) is 19.4 Å². The highest BCUT2D eigenvalue weighted by Crippen LogP contribution is 2.03. The summed E-state index contributed by atoms with van der Waals surface area (Å²) in [7, 11) is -3.41. The highest BCUT2D eigenvalue weighted by molar-refractivity contribution is 7.89. The van der Waals surface area contributed by atoms with Crippen LogP contribution in [0, 0.1) is 12.3 Å². The molecule has 1 rings (SSSR count). The molecule has 0 unspecified atom stereocenters. The van der Waals surface area contributed by atoms with Crippen molar-refractivity contribution in [1.82, 2.24) is 14.9 Å². The SMILES string of the molecule is C#CCCCNS(=O)(=O)c1cn[nH]c1. The number of hydrogen-bond acceptors (Lipinski definition) is 3. The highest BCUT2D eigenvalue weighted by atomic mass is 32.2. The predicted octanol–water partition coefficient (Wildman–Crippen LogP) is 0.101. The Morgan fingerprint density at radius 2 is 2.43 bits per heavy atom. The van der Waals surface area contributed by atoms with Crippen LogP contribution in [0.2, 0.25) is 0 Å². The second kappa shape index (κ2) is 4.79. The number of aromatic nitrogens is 2. The minimum Gasteiger partial charge on any atom is -0.284 e. The van der Waals surface area contributed by atoms with E-state index in [1.165, 1.54) is 12.4 Å². The Hall–Kier alpha value is -1.32. The van der Waals surface area contributed by atoms with Crippen molar-refractivity contribution in [3.05, 3.63) is 12.4 Å². The first-order valence-electron chi connectivity index (χ1n) is 4.09. The van der Waals surface area contributed by atoms with Crippen LogP contribution in [0.5, 0.6) is 0 Å². The fraction of sp³-hybridized carbons (Fsp3) is 0.375. The minimum absolute atomic E-state index is 0.137. The molecule has 76 valence electrons. The van der Waals surface area contributed by atoms with Crippen LogP contribution in [0.25, 0.3) is 0 Å². The average molecular weight is 213 g/mol. The van der Waals surface area contributed by atoms with Crippen molar-refractivity contribution < 1.29 is 8.42 Å². The van der Waals surface area contributed by atoms with Crippen molar-refractivity contribution in [1.29, 1.82) is 0 Å². The lowest BCUT2D eigenvalue weighted by atomic mass is 10.3. The summed E-state index contributed by atoms with van der Waals surface area (Å²) >= 11 is 0. The van der Waals surface area contributed by atoms with E-state index in [9.17, 15) is 8.42 Å². The lowest BCUT2D eigenvalue weighted by Gasteiger charge is -2.01. The van der Waals surface area contributed by atoms with E-state index in [1.807, 2.05) is 0 Å². The predicted molar refractivity (Wildman–Crippen MR) is 51.8 cm³/mol. The maximum Gasteiger partial charge on any atom is 0.243 e. The van der Waals surface area contributed by atoms with Gasteiger partial charge < -0.3 is 0 Å². The fourth-order valence-corrected chi connectivity index (χ4v) is 1.85. The third-order valence-corrected chi connectivity index (χ3v) is 3.00. The van der Waals surface area contributed by atoms with Gasteiger partial charge in [0.15, 0.2) is 0 Å². The minimum atomic E-state index is -3.41. The Bertz CT molecular complexity index is 402. The van der Waals surface area contributed by atoms with Gasteiger partial charge in [0, 0.05) is 19.2 Å². The normalized spacial score (nSPS) is 11.1. The van der Waals surface area contributed by atoms with Gasteiger partial charge in [-0.3, -0.25) is 5.10 Å². The Kier molecular flexibility index (Phi) is 3.68. The first-order chi connectivity index (χ1) is 6.67. The molecule has 0 aromatic carbocycles. The molecule has 2 N–H and O–H groups in total. The molecule has 0 bridgehead atoms. The summed E-state index contributed by atoms with van der Waals surface area (Å²) < 4.78 is 25.3. The van der Waals surface area contributed by atoms with E-state index >= 15 is 0 Å². The Morgan fingerprint density at radius 1 is 1.64 bits per heavy atom. The van der Waals surface area contributed by atoms with Gasteiger partial charge in [0.1, 0.15) is 4.90 Å². The number of nitrogens with one attached hydrogen (secondary N) is 2. The van der Waals surface area contributed by atoms with Crippen molar-refractivity contribution in [3.63, 3.8) is 0 Å². The summed E-state index contributed by atoms with van der Waals surface area (Å²) in [5.74, 6) is 2.44. The number of nitrogens with zero attached hydrogens (tertiary/aromatic N) is 1. The Balaban J connectivity index is 2.49. The lowest BCUT2D eigenvalue weighted by molar-refractivity contribution is 0.580. The number of hydrogen-bond donors (Lipinski definition) is 2.